The van der Waals surface area contributed by atoms with Crippen molar-refractivity contribution in [1.29, 1.82) is 0 Å². The zero-order valence-electron chi connectivity index (χ0n) is 14.8. The summed E-state index contributed by atoms with van der Waals surface area (Å²) in [5, 5.41) is 6.15. The molecule has 0 aliphatic heterocycles. The van der Waals surface area contributed by atoms with Crippen LogP contribution in [0.25, 0.3) is 0 Å². The highest BCUT2D eigenvalue weighted by Gasteiger charge is 2.07. The van der Waals surface area contributed by atoms with Gasteiger partial charge in [0, 0.05) is 11.3 Å². The Morgan fingerprint density at radius 1 is 1.04 bits per heavy atom. The molecule has 0 aliphatic carbocycles. The van der Waals surface area contributed by atoms with Crippen LogP contribution in [0.2, 0.25) is 0 Å². The Morgan fingerprint density at radius 2 is 1.81 bits per heavy atom. The molecule has 1 aromatic heterocycles. The highest BCUT2D eigenvalue weighted by atomic mass is 16.5. The molecule has 0 bridgehead atoms. The average molecular weight is 347 g/mol. The Hall–Kier alpha value is -3.34. The molecule has 5 heteroatoms. The number of aromatic nitrogens is 1. The minimum absolute atomic E-state index is 0.211. The minimum atomic E-state index is -0.211. The van der Waals surface area contributed by atoms with Crippen molar-refractivity contribution in [1.82, 2.24) is 4.98 Å². The number of carbonyl (C=O) groups excluding carboxylic acids is 1. The van der Waals surface area contributed by atoms with Crippen molar-refractivity contribution in [3.63, 3.8) is 0 Å². The maximum Gasteiger partial charge on any atom is 0.256 e. The van der Waals surface area contributed by atoms with Crippen LogP contribution < -0.4 is 15.4 Å². The van der Waals surface area contributed by atoms with Crippen LogP contribution in [0.3, 0.4) is 0 Å². The first-order valence-corrected chi connectivity index (χ1v) is 8.46. The van der Waals surface area contributed by atoms with E-state index in [9.17, 15) is 4.79 Å². The van der Waals surface area contributed by atoms with Gasteiger partial charge >= 0.3 is 0 Å². The van der Waals surface area contributed by atoms with E-state index in [0.29, 0.717) is 17.1 Å². The van der Waals surface area contributed by atoms with Gasteiger partial charge in [0.1, 0.15) is 11.6 Å². The Labute approximate surface area is 153 Å². The molecule has 0 fully saturated rings. The number of para-hydroxylation sites is 1. The number of benzene rings is 2. The summed E-state index contributed by atoms with van der Waals surface area (Å²) in [6.07, 6.45) is 2.66. The maximum atomic E-state index is 12.3. The number of hydrogen-bond donors (Lipinski definition) is 2. The van der Waals surface area contributed by atoms with Crippen LogP contribution in [0, 0.1) is 0 Å². The van der Waals surface area contributed by atoms with E-state index in [2.05, 4.69) is 28.6 Å². The first-order valence-electron chi connectivity index (χ1n) is 8.46. The second-order valence-electron chi connectivity index (χ2n) is 5.75. The Bertz CT molecular complexity index is 875. The van der Waals surface area contributed by atoms with Gasteiger partial charge in [-0.3, -0.25) is 4.79 Å². The van der Waals surface area contributed by atoms with E-state index in [1.54, 1.807) is 43.6 Å². The molecule has 1 amide bonds. The summed E-state index contributed by atoms with van der Waals surface area (Å²) in [5.41, 5.74) is 3.72. The van der Waals surface area contributed by atoms with Crippen molar-refractivity contribution in [3.05, 3.63) is 78.0 Å². The van der Waals surface area contributed by atoms with Crippen molar-refractivity contribution in [2.45, 2.75) is 13.3 Å². The average Bonchev–Trinajstić information content (AvgIpc) is 2.70. The fraction of sp³-hybridized carbons (Fsp3) is 0.143. The number of pyridine rings is 1. The van der Waals surface area contributed by atoms with Crippen LogP contribution in [0.4, 0.5) is 17.2 Å². The third kappa shape index (κ3) is 4.19. The molecule has 0 unspecified atom stereocenters. The SMILES string of the molecule is CCc1ccccc1Nc1ccc(NC(=O)c2ccc(OC)cc2)nc1. The predicted molar refractivity (Wildman–Crippen MR) is 104 cm³/mol. The van der Waals surface area contributed by atoms with E-state index in [1.165, 1.54) is 5.56 Å². The second kappa shape index (κ2) is 8.16. The summed E-state index contributed by atoms with van der Waals surface area (Å²) >= 11 is 0. The molecule has 26 heavy (non-hydrogen) atoms. The summed E-state index contributed by atoms with van der Waals surface area (Å²) < 4.78 is 5.09. The van der Waals surface area contributed by atoms with Crippen LogP contribution in [0.1, 0.15) is 22.8 Å². The molecule has 3 rings (SSSR count). The number of ether oxygens (including phenoxy) is 1. The maximum absolute atomic E-state index is 12.3. The van der Waals surface area contributed by atoms with Gasteiger partial charge in [-0.15, -0.1) is 0 Å². The number of nitrogens with zero attached hydrogens (tertiary/aromatic N) is 1. The van der Waals surface area contributed by atoms with Gasteiger partial charge in [-0.1, -0.05) is 25.1 Å². The van der Waals surface area contributed by atoms with Gasteiger partial charge in [-0.2, -0.15) is 0 Å². The zero-order chi connectivity index (χ0) is 18.4. The lowest BCUT2D eigenvalue weighted by Crippen LogP contribution is -2.12. The van der Waals surface area contributed by atoms with Crippen molar-refractivity contribution >= 4 is 23.1 Å². The molecule has 1 heterocycles. The third-order valence-corrected chi connectivity index (χ3v) is 4.03. The molecule has 3 aromatic rings. The lowest BCUT2D eigenvalue weighted by atomic mass is 10.1. The predicted octanol–water partition coefficient (Wildman–Crippen LogP) is 4.65. The Kier molecular flexibility index (Phi) is 5.49. The van der Waals surface area contributed by atoms with Crippen molar-refractivity contribution in [3.8, 4) is 5.75 Å². The van der Waals surface area contributed by atoms with Crippen LogP contribution in [-0.4, -0.2) is 18.0 Å². The summed E-state index contributed by atoms with van der Waals surface area (Å²) in [5.74, 6) is 1.000. The van der Waals surface area contributed by atoms with Crippen LogP contribution in [0.5, 0.6) is 5.75 Å². The zero-order valence-corrected chi connectivity index (χ0v) is 14.8. The number of nitrogens with one attached hydrogen (secondary N) is 2. The molecular formula is C21H21N3O2. The smallest absolute Gasteiger partial charge is 0.256 e. The van der Waals surface area contributed by atoms with Gasteiger partial charge in [-0.25, -0.2) is 4.98 Å². The molecule has 0 saturated carbocycles. The van der Waals surface area contributed by atoms with Gasteiger partial charge in [0.2, 0.25) is 0 Å². The molecule has 0 atom stereocenters. The number of carbonyl (C=O) groups is 1. The summed E-state index contributed by atoms with van der Waals surface area (Å²) in [6.45, 7) is 2.12. The molecule has 0 radical (unpaired) electrons. The molecule has 0 spiro atoms. The molecule has 2 N–H and O–H groups in total. The van der Waals surface area contributed by atoms with E-state index in [0.717, 1.165) is 17.8 Å². The summed E-state index contributed by atoms with van der Waals surface area (Å²) in [7, 11) is 1.59. The lowest BCUT2D eigenvalue weighted by Gasteiger charge is -2.11. The van der Waals surface area contributed by atoms with E-state index >= 15 is 0 Å². The molecule has 2 aromatic carbocycles. The number of rotatable bonds is 6. The largest absolute Gasteiger partial charge is 0.497 e. The van der Waals surface area contributed by atoms with Crippen LogP contribution in [0.15, 0.2) is 66.9 Å². The minimum Gasteiger partial charge on any atom is -0.497 e. The number of hydrogen-bond acceptors (Lipinski definition) is 4. The normalized spacial score (nSPS) is 10.2. The quantitative estimate of drug-likeness (QED) is 0.681. The standard InChI is InChI=1S/C21H21N3O2/c1-3-15-6-4-5-7-19(15)23-17-10-13-20(22-14-17)24-21(25)16-8-11-18(26-2)12-9-16/h4-14,23H,3H2,1-2H3,(H,22,24,25). The molecular weight excluding hydrogens is 326 g/mol. The highest BCUT2D eigenvalue weighted by Crippen LogP contribution is 2.21. The third-order valence-electron chi connectivity index (χ3n) is 4.03. The van der Waals surface area contributed by atoms with Crippen molar-refractivity contribution in [2.75, 3.05) is 17.7 Å². The fourth-order valence-corrected chi connectivity index (χ4v) is 2.58. The Morgan fingerprint density at radius 3 is 2.46 bits per heavy atom. The summed E-state index contributed by atoms with van der Waals surface area (Å²) in [6, 6.07) is 18.8. The first-order chi connectivity index (χ1) is 12.7. The monoisotopic (exact) mass is 347 g/mol. The van der Waals surface area contributed by atoms with Gasteiger partial charge in [0.25, 0.3) is 5.91 Å². The van der Waals surface area contributed by atoms with Gasteiger partial charge < -0.3 is 15.4 Å². The van der Waals surface area contributed by atoms with Crippen LogP contribution >= 0.6 is 0 Å². The molecule has 0 aliphatic rings. The molecule has 5 nitrogen and oxygen atoms in total. The highest BCUT2D eigenvalue weighted by molar-refractivity contribution is 6.03. The second-order valence-corrected chi connectivity index (χ2v) is 5.75. The number of anilines is 3. The first kappa shape index (κ1) is 17.5. The molecule has 132 valence electrons. The lowest BCUT2D eigenvalue weighted by molar-refractivity contribution is 0.102. The van der Waals surface area contributed by atoms with Gasteiger partial charge in [0.05, 0.1) is 19.0 Å². The topological polar surface area (TPSA) is 63.2 Å². The van der Waals surface area contributed by atoms with Gasteiger partial charge in [-0.05, 0) is 54.4 Å². The van der Waals surface area contributed by atoms with Crippen molar-refractivity contribution in [2.24, 2.45) is 0 Å². The fourth-order valence-electron chi connectivity index (χ4n) is 2.58. The number of amides is 1. The number of aryl methyl sites for hydroxylation is 1. The Balaban J connectivity index is 1.66. The number of methoxy groups -OCH3 is 1. The van der Waals surface area contributed by atoms with E-state index < -0.39 is 0 Å². The summed E-state index contributed by atoms with van der Waals surface area (Å²) in [4.78, 5) is 16.6. The van der Waals surface area contributed by atoms with E-state index in [4.69, 9.17) is 4.74 Å². The van der Waals surface area contributed by atoms with Crippen LogP contribution in [-0.2, 0) is 6.42 Å². The van der Waals surface area contributed by atoms with E-state index in [-0.39, 0.29) is 5.91 Å². The van der Waals surface area contributed by atoms with Crippen molar-refractivity contribution < 1.29 is 9.53 Å². The van der Waals surface area contributed by atoms with Gasteiger partial charge in [0.15, 0.2) is 0 Å². The van der Waals surface area contributed by atoms with E-state index in [1.807, 2.05) is 24.3 Å². The molecule has 0 saturated heterocycles.